The summed E-state index contributed by atoms with van der Waals surface area (Å²) in [7, 11) is 0. The highest BCUT2D eigenvalue weighted by molar-refractivity contribution is 6.56. The Kier molecular flexibility index (Phi) is 3.42. The molecule has 0 saturated carbocycles. The molecule has 0 fully saturated rings. The zero-order valence-corrected chi connectivity index (χ0v) is 8.54. The average molecular weight is 202 g/mol. The van der Waals surface area contributed by atoms with Crippen LogP contribution in [-0.4, -0.2) is 0 Å². The minimum Gasteiger partial charge on any atom is -0.103 e. The molecule has 0 unspecified atom stereocenters. The van der Waals surface area contributed by atoms with Crippen LogP contribution < -0.4 is 0 Å². The first-order valence-corrected chi connectivity index (χ1v) is 4.60. The van der Waals surface area contributed by atoms with Gasteiger partial charge < -0.3 is 0 Å². The molecular formula is C10H11Cl2. The van der Waals surface area contributed by atoms with E-state index in [1.165, 1.54) is 11.1 Å². The van der Waals surface area contributed by atoms with Crippen molar-refractivity contribution in [2.75, 3.05) is 0 Å². The maximum Gasteiger partial charge on any atom is 0.110 e. The second kappa shape index (κ2) is 4.15. The van der Waals surface area contributed by atoms with Crippen molar-refractivity contribution in [3.63, 3.8) is 0 Å². The van der Waals surface area contributed by atoms with E-state index >= 15 is 0 Å². The van der Waals surface area contributed by atoms with Gasteiger partial charge in [0.2, 0.25) is 0 Å². The lowest BCUT2D eigenvalue weighted by Gasteiger charge is -2.02. The van der Waals surface area contributed by atoms with Crippen molar-refractivity contribution in [1.82, 2.24) is 0 Å². The lowest BCUT2D eigenvalue weighted by Crippen LogP contribution is -1.83. The highest BCUT2D eigenvalue weighted by Crippen LogP contribution is 2.36. The predicted octanol–water partition coefficient (Wildman–Crippen LogP) is 4.18. The monoisotopic (exact) mass is 201 g/mol. The summed E-state index contributed by atoms with van der Waals surface area (Å²) >= 11 is 11.5. The Morgan fingerprint density at radius 2 is 2.33 bits per heavy atom. The third-order valence-electron chi connectivity index (χ3n) is 2.03. The summed E-state index contributed by atoms with van der Waals surface area (Å²) in [6.07, 6.45) is 5.71. The van der Waals surface area contributed by atoms with Crippen LogP contribution in [0.4, 0.5) is 0 Å². The average Bonchev–Trinajstić information content (AvgIpc) is 2.34. The van der Waals surface area contributed by atoms with Crippen LogP contribution in [0.1, 0.15) is 19.8 Å². The number of hydrogen-bond donors (Lipinski definition) is 0. The Morgan fingerprint density at radius 3 is 2.83 bits per heavy atom. The van der Waals surface area contributed by atoms with E-state index < -0.39 is 0 Å². The van der Waals surface area contributed by atoms with Crippen LogP contribution in [0.25, 0.3) is 0 Å². The molecule has 65 valence electrons. The molecule has 0 bridgehead atoms. The van der Waals surface area contributed by atoms with Gasteiger partial charge >= 0.3 is 0 Å². The summed E-state index contributed by atoms with van der Waals surface area (Å²) in [6, 6.07) is 0. The SMILES string of the molecule is C=CCC1=C(C)[CH]CC1=C(Cl)Cl. The van der Waals surface area contributed by atoms with Gasteiger partial charge in [-0.1, -0.05) is 34.9 Å². The molecule has 0 atom stereocenters. The Hall–Kier alpha value is -0.200. The second-order valence-corrected chi connectivity index (χ2v) is 3.75. The molecule has 1 rings (SSSR count). The fourth-order valence-corrected chi connectivity index (χ4v) is 1.74. The number of allylic oxidation sites excluding steroid dienone is 4. The van der Waals surface area contributed by atoms with Gasteiger partial charge in [0.25, 0.3) is 0 Å². The highest BCUT2D eigenvalue weighted by Gasteiger charge is 2.17. The van der Waals surface area contributed by atoms with Gasteiger partial charge in [-0.15, -0.1) is 6.58 Å². The number of rotatable bonds is 2. The van der Waals surface area contributed by atoms with Crippen LogP contribution in [0, 0.1) is 6.42 Å². The second-order valence-electron chi connectivity index (χ2n) is 2.80. The van der Waals surface area contributed by atoms with Crippen molar-refractivity contribution in [1.29, 1.82) is 0 Å². The molecule has 0 spiro atoms. The first-order valence-electron chi connectivity index (χ1n) is 3.85. The first-order chi connectivity index (χ1) is 5.66. The molecule has 2 heteroatoms. The van der Waals surface area contributed by atoms with E-state index in [4.69, 9.17) is 23.2 Å². The number of hydrogen-bond acceptors (Lipinski definition) is 0. The molecule has 0 amide bonds. The van der Waals surface area contributed by atoms with Crippen molar-refractivity contribution in [2.24, 2.45) is 0 Å². The highest BCUT2D eigenvalue weighted by atomic mass is 35.5. The van der Waals surface area contributed by atoms with E-state index in [1.54, 1.807) is 0 Å². The minimum absolute atomic E-state index is 0.389. The maximum absolute atomic E-state index is 5.74. The quantitative estimate of drug-likeness (QED) is 0.589. The van der Waals surface area contributed by atoms with E-state index in [1.807, 2.05) is 6.08 Å². The largest absolute Gasteiger partial charge is 0.110 e. The molecule has 1 radical (unpaired) electrons. The van der Waals surface area contributed by atoms with Crippen LogP contribution in [0.2, 0.25) is 0 Å². The van der Waals surface area contributed by atoms with Crippen LogP contribution in [-0.2, 0) is 0 Å². The topological polar surface area (TPSA) is 0 Å². The number of halogens is 2. The third kappa shape index (κ3) is 1.94. The van der Waals surface area contributed by atoms with Crippen molar-refractivity contribution in [2.45, 2.75) is 19.8 Å². The normalized spacial score (nSPS) is 17.1. The lowest BCUT2D eigenvalue weighted by atomic mass is 10.1. The summed E-state index contributed by atoms with van der Waals surface area (Å²) in [5.74, 6) is 0. The van der Waals surface area contributed by atoms with E-state index in [2.05, 4.69) is 19.9 Å². The van der Waals surface area contributed by atoms with Crippen LogP contribution in [0.5, 0.6) is 0 Å². The molecule has 0 aromatic rings. The minimum atomic E-state index is 0.389. The summed E-state index contributed by atoms with van der Waals surface area (Å²) in [5, 5.41) is 0. The van der Waals surface area contributed by atoms with Crippen LogP contribution in [0.3, 0.4) is 0 Å². The fourth-order valence-electron chi connectivity index (χ4n) is 1.36. The summed E-state index contributed by atoms with van der Waals surface area (Å²) in [4.78, 5) is 0. The molecule has 1 aliphatic rings. The lowest BCUT2D eigenvalue weighted by molar-refractivity contribution is 1.18. The Balaban J connectivity index is 2.97. The Bertz CT molecular complexity index is 255. The van der Waals surface area contributed by atoms with Crippen molar-refractivity contribution >= 4 is 23.2 Å². The molecule has 0 aromatic carbocycles. The molecule has 0 N–H and O–H groups in total. The van der Waals surface area contributed by atoms with Crippen molar-refractivity contribution in [3.05, 3.63) is 40.3 Å². The summed E-state index contributed by atoms with van der Waals surface area (Å²) < 4.78 is 0.389. The van der Waals surface area contributed by atoms with Gasteiger partial charge in [0.15, 0.2) is 0 Å². The maximum atomic E-state index is 5.74. The van der Waals surface area contributed by atoms with Gasteiger partial charge in [0.05, 0.1) is 0 Å². The molecule has 0 heterocycles. The molecule has 1 aliphatic carbocycles. The van der Waals surface area contributed by atoms with E-state index in [-0.39, 0.29) is 0 Å². The molecule has 0 aromatic heterocycles. The first kappa shape index (κ1) is 9.88. The van der Waals surface area contributed by atoms with E-state index in [9.17, 15) is 0 Å². The zero-order valence-electron chi connectivity index (χ0n) is 7.03. The van der Waals surface area contributed by atoms with Gasteiger partial charge in [-0.3, -0.25) is 0 Å². The molecule has 0 nitrogen and oxygen atoms in total. The fraction of sp³-hybridized carbons (Fsp3) is 0.300. The molecular weight excluding hydrogens is 191 g/mol. The van der Waals surface area contributed by atoms with Gasteiger partial charge in [-0.25, -0.2) is 0 Å². The Morgan fingerprint density at radius 1 is 1.67 bits per heavy atom. The van der Waals surface area contributed by atoms with Gasteiger partial charge in [0.1, 0.15) is 4.49 Å². The van der Waals surface area contributed by atoms with Crippen molar-refractivity contribution in [3.8, 4) is 0 Å². The van der Waals surface area contributed by atoms with E-state index in [0.29, 0.717) is 4.49 Å². The van der Waals surface area contributed by atoms with Gasteiger partial charge in [-0.2, -0.15) is 0 Å². The van der Waals surface area contributed by atoms with Gasteiger partial charge in [0, 0.05) is 0 Å². The summed E-state index contributed by atoms with van der Waals surface area (Å²) in [5.41, 5.74) is 3.55. The standard InChI is InChI=1S/C10H11Cl2/c1-3-4-8-7(2)5-6-9(8)10(11)12/h3,5H,1,4,6H2,2H3. The molecule has 0 aliphatic heterocycles. The third-order valence-corrected chi connectivity index (χ3v) is 2.49. The summed E-state index contributed by atoms with van der Waals surface area (Å²) in [6.45, 7) is 5.77. The van der Waals surface area contributed by atoms with Crippen LogP contribution >= 0.6 is 23.2 Å². The molecule has 0 saturated heterocycles. The van der Waals surface area contributed by atoms with Crippen LogP contribution in [0.15, 0.2) is 33.9 Å². The van der Waals surface area contributed by atoms with Crippen molar-refractivity contribution < 1.29 is 0 Å². The zero-order chi connectivity index (χ0) is 9.14. The van der Waals surface area contributed by atoms with E-state index in [0.717, 1.165) is 18.4 Å². The molecule has 12 heavy (non-hydrogen) atoms. The predicted molar refractivity (Wildman–Crippen MR) is 55.2 cm³/mol. The Labute approximate surface area is 83.6 Å². The van der Waals surface area contributed by atoms with Gasteiger partial charge in [-0.05, 0) is 37.3 Å². The smallest absolute Gasteiger partial charge is 0.103 e.